The van der Waals surface area contributed by atoms with Crippen LogP contribution < -0.4 is 5.73 Å². The molecule has 0 aliphatic heterocycles. The molecule has 1 rings (SSSR count). The van der Waals surface area contributed by atoms with Crippen molar-refractivity contribution in [1.29, 1.82) is 0 Å². The van der Waals surface area contributed by atoms with Gasteiger partial charge in [-0.2, -0.15) is 13.2 Å². The van der Waals surface area contributed by atoms with Crippen molar-refractivity contribution in [2.75, 3.05) is 6.54 Å². The minimum absolute atomic E-state index is 0. The van der Waals surface area contributed by atoms with Gasteiger partial charge in [0.1, 0.15) is 11.7 Å². The van der Waals surface area contributed by atoms with Crippen LogP contribution in [0, 0.1) is 0 Å². The largest absolute Gasteiger partial charge is 0.397 e. The number of alkyl halides is 3. The van der Waals surface area contributed by atoms with Crippen LogP contribution in [-0.2, 0) is 5.41 Å². The summed E-state index contributed by atoms with van der Waals surface area (Å²) >= 11 is 0. The second kappa shape index (κ2) is 5.93. The molecule has 0 amide bonds. The monoisotopic (exact) mass is 286 g/mol. The molecule has 1 aromatic heterocycles. The standard InChI is InChI=1S/C11H17F3N2O.ClH/c1-10(2,3)9-6-8(16-17-9)7(4-5-15)11(12,13)14;/h6-7H,4-5,15H2,1-3H3;1H. The third-order valence-electron chi connectivity index (χ3n) is 2.48. The molecule has 0 aliphatic carbocycles. The fourth-order valence-electron chi connectivity index (χ4n) is 1.45. The van der Waals surface area contributed by atoms with Gasteiger partial charge in [0, 0.05) is 11.5 Å². The maximum absolute atomic E-state index is 12.8. The first-order chi connectivity index (χ1) is 7.66. The Hall–Kier alpha value is -0.750. The van der Waals surface area contributed by atoms with Crippen LogP contribution in [0.25, 0.3) is 0 Å². The molecule has 1 aromatic rings. The molecule has 1 unspecified atom stereocenters. The second-order valence-corrected chi connectivity index (χ2v) is 5.04. The van der Waals surface area contributed by atoms with Gasteiger partial charge in [0.05, 0.1) is 5.69 Å². The van der Waals surface area contributed by atoms with Crippen molar-refractivity contribution >= 4 is 12.4 Å². The van der Waals surface area contributed by atoms with Crippen molar-refractivity contribution in [2.24, 2.45) is 5.73 Å². The zero-order valence-electron chi connectivity index (χ0n) is 10.5. The normalized spacial score (nSPS) is 14.2. The Labute approximate surface area is 110 Å². The van der Waals surface area contributed by atoms with Gasteiger partial charge >= 0.3 is 6.18 Å². The van der Waals surface area contributed by atoms with Crippen molar-refractivity contribution in [2.45, 2.75) is 44.7 Å². The maximum Gasteiger partial charge on any atom is 0.397 e. The molecule has 1 heterocycles. The molecular weight excluding hydrogens is 269 g/mol. The second-order valence-electron chi connectivity index (χ2n) is 5.04. The summed E-state index contributed by atoms with van der Waals surface area (Å²) in [5.41, 5.74) is 4.75. The number of nitrogens with zero attached hydrogens (tertiary/aromatic N) is 1. The summed E-state index contributed by atoms with van der Waals surface area (Å²) in [6, 6.07) is 1.37. The van der Waals surface area contributed by atoms with Gasteiger partial charge in [-0.25, -0.2) is 0 Å². The molecule has 0 fully saturated rings. The van der Waals surface area contributed by atoms with E-state index in [2.05, 4.69) is 5.16 Å². The van der Waals surface area contributed by atoms with E-state index in [1.165, 1.54) is 6.07 Å². The van der Waals surface area contributed by atoms with Crippen LogP contribution in [0.5, 0.6) is 0 Å². The predicted molar refractivity (Wildman–Crippen MR) is 64.9 cm³/mol. The maximum atomic E-state index is 12.8. The van der Waals surface area contributed by atoms with Gasteiger partial charge in [0.25, 0.3) is 0 Å². The molecule has 18 heavy (non-hydrogen) atoms. The van der Waals surface area contributed by atoms with Crippen molar-refractivity contribution < 1.29 is 17.7 Å². The molecule has 3 nitrogen and oxygen atoms in total. The molecule has 0 saturated carbocycles. The predicted octanol–water partition coefficient (Wildman–Crippen LogP) is 3.39. The average molecular weight is 287 g/mol. The van der Waals surface area contributed by atoms with Gasteiger partial charge in [-0.3, -0.25) is 0 Å². The van der Waals surface area contributed by atoms with Crippen LogP contribution in [0.3, 0.4) is 0 Å². The van der Waals surface area contributed by atoms with Crippen LogP contribution >= 0.6 is 12.4 Å². The Morgan fingerprint density at radius 3 is 2.22 bits per heavy atom. The van der Waals surface area contributed by atoms with Gasteiger partial charge in [-0.05, 0) is 13.0 Å². The summed E-state index contributed by atoms with van der Waals surface area (Å²) in [5.74, 6) is -1.20. The van der Waals surface area contributed by atoms with Crippen molar-refractivity contribution in [1.82, 2.24) is 5.16 Å². The zero-order valence-corrected chi connectivity index (χ0v) is 11.4. The van der Waals surface area contributed by atoms with Crippen LogP contribution in [0.4, 0.5) is 13.2 Å². The van der Waals surface area contributed by atoms with Crippen LogP contribution in [-0.4, -0.2) is 17.9 Å². The van der Waals surface area contributed by atoms with Crippen molar-refractivity contribution in [3.05, 3.63) is 17.5 Å². The Morgan fingerprint density at radius 1 is 1.33 bits per heavy atom. The minimum Gasteiger partial charge on any atom is -0.361 e. The Balaban J connectivity index is 0.00000289. The molecule has 0 radical (unpaired) electrons. The highest BCUT2D eigenvalue weighted by Crippen LogP contribution is 2.37. The van der Waals surface area contributed by atoms with Gasteiger partial charge in [-0.1, -0.05) is 25.9 Å². The zero-order chi connectivity index (χ0) is 13.3. The molecule has 0 spiro atoms. The quantitative estimate of drug-likeness (QED) is 0.926. The molecule has 1 atom stereocenters. The molecule has 0 aliphatic rings. The lowest BCUT2D eigenvalue weighted by atomic mass is 9.91. The number of halogens is 4. The van der Waals surface area contributed by atoms with Gasteiger partial charge in [0.15, 0.2) is 0 Å². The summed E-state index contributed by atoms with van der Waals surface area (Å²) in [5, 5.41) is 3.52. The van der Waals surface area contributed by atoms with Crippen LogP contribution in [0.2, 0.25) is 0 Å². The van der Waals surface area contributed by atoms with E-state index in [1.807, 2.05) is 20.8 Å². The van der Waals surface area contributed by atoms with Crippen LogP contribution in [0.1, 0.15) is 44.6 Å². The first kappa shape index (κ1) is 17.2. The summed E-state index contributed by atoms with van der Waals surface area (Å²) in [6.07, 6.45) is -4.52. The third kappa shape index (κ3) is 4.17. The fourth-order valence-corrected chi connectivity index (χ4v) is 1.45. The van der Waals surface area contributed by atoms with E-state index in [4.69, 9.17) is 10.3 Å². The van der Waals surface area contributed by atoms with E-state index < -0.39 is 12.1 Å². The first-order valence-corrected chi connectivity index (χ1v) is 5.40. The van der Waals surface area contributed by atoms with Gasteiger partial charge < -0.3 is 10.3 Å². The van der Waals surface area contributed by atoms with Crippen molar-refractivity contribution in [3.63, 3.8) is 0 Å². The fraction of sp³-hybridized carbons (Fsp3) is 0.727. The highest BCUT2D eigenvalue weighted by Gasteiger charge is 2.42. The third-order valence-corrected chi connectivity index (χ3v) is 2.48. The van der Waals surface area contributed by atoms with E-state index in [0.29, 0.717) is 5.76 Å². The van der Waals surface area contributed by atoms with E-state index >= 15 is 0 Å². The minimum atomic E-state index is -4.34. The summed E-state index contributed by atoms with van der Waals surface area (Å²) in [6.45, 7) is 5.51. The van der Waals surface area contributed by atoms with Gasteiger partial charge in [0.2, 0.25) is 0 Å². The van der Waals surface area contributed by atoms with Crippen molar-refractivity contribution in [3.8, 4) is 0 Å². The smallest absolute Gasteiger partial charge is 0.361 e. The molecule has 106 valence electrons. The Morgan fingerprint density at radius 2 is 1.89 bits per heavy atom. The number of hydrogen-bond acceptors (Lipinski definition) is 3. The number of nitrogens with two attached hydrogens (primary N) is 1. The Kier molecular flexibility index (Phi) is 5.68. The van der Waals surface area contributed by atoms with E-state index in [0.717, 1.165) is 0 Å². The molecule has 2 N–H and O–H groups in total. The molecular formula is C11H18ClF3N2O. The highest BCUT2D eigenvalue weighted by molar-refractivity contribution is 5.85. The summed E-state index contributed by atoms with van der Waals surface area (Å²) < 4.78 is 43.2. The Bertz CT molecular complexity index is 371. The number of hydrogen-bond donors (Lipinski definition) is 1. The average Bonchev–Trinajstić information content (AvgIpc) is 2.59. The number of rotatable bonds is 3. The summed E-state index contributed by atoms with van der Waals surface area (Å²) in [7, 11) is 0. The van der Waals surface area contributed by atoms with E-state index in [-0.39, 0.29) is 36.5 Å². The van der Waals surface area contributed by atoms with E-state index in [9.17, 15) is 13.2 Å². The molecule has 0 aromatic carbocycles. The molecule has 0 saturated heterocycles. The lowest BCUT2D eigenvalue weighted by Gasteiger charge is -2.16. The summed E-state index contributed by atoms with van der Waals surface area (Å²) in [4.78, 5) is 0. The molecule has 7 heteroatoms. The SMILES string of the molecule is CC(C)(C)c1cc(C(CCN)C(F)(F)F)no1.Cl. The highest BCUT2D eigenvalue weighted by atomic mass is 35.5. The van der Waals surface area contributed by atoms with Gasteiger partial charge in [-0.15, -0.1) is 12.4 Å². The van der Waals surface area contributed by atoms with Crippen LogP contribution in [0.15, 0.2) is 10.6 Å². The lowest BCUT2D eigenvalue weighted by molar-refractivity contribution is -0.152. The first-order valence-electron chi connectivity index (χ1n) is 5.40. The topological polar surface area (TPSA) is 52.0 Å². The van der Waals surface area contributed by atoms with E-state index in [1.54, 1.807) is 0 Å². The lowest BCUT2D eigenvalue weighted by Crippen LogP contribution is -2.24. The molecule has 0 bridgehead atoms. The number of aromatic nitrogens is 1.